The molecule has 0 spiro atoms. The highest BCUT2D eigenvalue weighted by Gasteiger charge is 2.30. The molecular formula is C20H25ClN2O3. The first kappa shape index (κ1) is 19.0. The molecule has 26 heavy (non-hydrogen) atoms. The van der Waals surface area contributed by atoms with E-state index in [0.717, 1.165) is 11.3 Å². The van der Waals surface area contributed by atoms with Crippen LogP contribution >= 0.6 is 11.6 Å². The van der Waals surface area contributed by atoms with Crippen molar-refractivity contribution in [3.05, 3.63) is 47.2 Å². The SMILES string of the molecule is C[C@@H]1CC(O)C[C@@H](C)N1CC(=O)NCc1ccc(-c2ccc(Cl)cc2)o1. The van der Waals surface area contributed by atoms with Gasteiger partial charge < -0.3 is 14.8 Å². The van der Waals surface area contributed by atoms with E-state index in [1.165, 1.54) is 0 Å². The number of aliphatic hydroxyl groups excluding tert-OH is 1. The molecular weight excluding hydrogens is 352 g/mol. The van der Waals surface area contributed by atoms with Crippen LogP contribution in [0.1, 0.15) is 32.4 Å². The van der Waals surface area contributed by atoms with Crippen LogP contribution in [0.4, 0.5) is 0 Å². The van der Waals surface area contributed by atoms with Crippen molar-refractivity contribution in [1.82, 2.24) is 10.2 Å². The standard InChI is InChI=1S/C20H25ClN2O3/c1-13-9-17(24)10-14(2)23(13)12-20(25)22-11-18-7-8-19(26-18)15-3-5-16(21)6-4-15/h3-8,13-14,17,24H,9-12H2,1-2H3,(H,22,25)/t13-,14-/m1/s1. The number of nitrogens with zero attached hydrogens (tertiary/aromatic N) is 1. The number of carbonyl (C=O) groups is 1. The molecule has 2 aromatic rings. The fourth-order valence-corrected chi connectivity index (χ4v) is 3.68. The van der Waals surface area contributed by atoms with E-state index in [1.54, 1.807) is 0 Å². The van der Waals surface area contributed by atoms with Crippen molar-refractivity contribution in [2.75, 3.05) is 6.54 Å². The van der Waals surface area contributed by atoms with Gasteiger partial charge in [0.15, 0.2) is 0 Å². The zero-order valence-electron chi connectivity index (χ0n) is 15.1. The minimum absolute atomic E-state index is 0.0375. The predicted octanol–water partition coefficient (Wildman–Crippen LogP) is 3.45. The summed E-state index contributed by atoms with van der Waals surface area (Å²) in [6.07, 6.45) is 1.15. The Labute approximate surface area is 158 Å². The summed E-state index contributed by atoms with van der Waals surface area (Å²) in [6, 6.07) is 11.6. The highest BCUT2D eigenvalue weighted by molar-refractivity contribution is 6.30. The Morgan fingerprint density at radius 2 is 1.85 bits per heavy atom. The van der Waals surface area contributed by atoms with Crippen molar-refractivity contribution in [2.24, 2.45) is 0 Å². The number of piperidine rings is 1. The molecule has 0 unspecified atom stereocenters. The highest BCUT2D eigenvalue weighted by atomic mass is 35.5. The minimum Gasteiger partial charge on any atom is -0.459 e. The number of rotatable bonds is 5. The molecule has 2 N–H and O–H groups in total. The molecule has 1 fully saturated rings. The lowest BCUT2D eigenvalue weighted by Crippen LogP contribution is -2.51. The van der Waals surface area contributed by atoms with Gasteiger partial charge in [0.2, 0.25) is 5.91 Å². The van der Waals surface area contributed by atoms with Gasteiger partial charge in [0, 0.05) is 22.7 Å². The molecule has 1 aromatic heterocycles. The zero-order valence-corrected chi connectivity index (χ0v) is 15.9. The lowest BCUT2D eigenvalue weighted by atomic mass is 9.95. The van der Waals surface area contributed by atoms with E-state index in [9.17, 15) is 9.90 Å². The number of halogens is 1. The third-order valence-corrected chi connectivity index (χ3v) is 5.19. The Hall–Kier alpha value is -1.82. The first-order chi connectivity index (χ1) is 12.4. The maximum atomic E-state index is 12.3. The van der Waals surface area contributed by atoms with Crippen LogP contribution in [0.15, 0.2) is 40.8 Å². The Bertz CT molecular complexity index is 732. The monoisotopic (exact) mass is 376 g/mol. The van der Waals surface area contributed by atoms with Gasteiger partial charge >= 0.3 is 0 Å². The first-order valence-electron chi connectivity index (χ1n) is 8.97. The van der Waals surface area contributed by atoms with Crippen LogP contribution in [0.5, 0.6) is 0 Å². The number of carbonyl (C=O) groups excluding carboxylic acids is 1. The Morgan fingerprint density at radius 1 is 1.19 bits per heavy atom. The highest BCUT2D eigenvalue weighted by Crippen LogP contribution is 2.24. The predicted molar refractivity (Wildman–Crippen MR) is 102 cm³/mol. The fraction of sp³-hybridized carbons (Fsp3) is 0.450. The van der Waals surface area contributed by atoms with Gasteiger partial charge in [-0.1, -0.05) is 11.6 Å². The van der Waals surface area contributed by atoms with E-state index in [2.05, 4.69) is 24.1 Å². The molecule has 140 valence electrons. The molecule has 2 atom stereocenters. The molecule has 6 heteroatoms. The molecule has 1 aromatic carbocycles. The van der Waals surface area contributed by atoms with E-state index in [4.69, 9.17) is 16.0 Å². The van der Waals surface area contributed by atoms with Crippen molar-refractivity contribution < 1.29 is 14.3 Å². The zero-order chi connectivity index (χ0) is 18.7. The van der Waals surface area contributed by atoms with Crippen LogP contribution in [0.2, 0.25) is 5.02 Å². The van der Waals surface area contributed by atoms with Gasteiger partial charge in [0.05, 0.1) is 19.2 Å². The van der Waals surface area contributed by atoms with Gasteiger partial charge in [-0.15, -0.1) is 0 Å². The van der Waals surface area contributed by atoms with E-state index in [0.29, 0.717) is 36.7 Å². The van der Waals surface area contributed by atoms with Crippen LogP contribution < -0.4 is 5.32 Å². The molecule has 1 amide bonds. The molecule has 5 nitrogen and oxygen atoms in total. The number of aliphatic hydroxyl groups is 1. The molecule has 1 aliphatic heterocycles. The second kappa shape index (κ2) is 8.25. The van der Waals surface area contributed by atoms with Gasteiger partial charge in [-0.3, -0.25) is 9.69 Å². The van der Waals surface area contributed by atoms with Crippen molar-refractivity contribution in [2.45, 2.75) is 51.4 Å². The van der Waals surface area contributed by atoms with Crippen LogP contribution in [0.3, 0.4) is 0 Å². The van der Waals surface area contributed by atoms with Gasteiger partial charge in [0.25, 0.3) is 0 Å². The normalized spacial score (nSPS) is 23.8. The topological polar surface area (TPSA) is 65.7 Å². The van der Waals surface area contributed by atoms with Crippen LogP contribution in [0.25, 0.3) is 11.3 Å². The summed E-state index contributed by atoms with van der Waals surface area (Å²) in [5, 5.41) is 13.4. The third kappa shape index (κ3) is 4.67. The van der Waals surface area contributed by atoms with Gasteiger partial charge in [0.1, 0.15) is 11.5 Å². The number of benzene rings is 1. The Morgan fingerprint density at radius 3 is 2.50 bits per heavy atom. The van der Waals surface area contributed by atoms with Crippen molar-refractivity contribution in [3.63, 3.8) is 0 Å². The summed E-state index contributed by atoms with van der Waals surface area (Å²) >= 11 is 5.90. The number of nitrogens with one attached hydrogen (secondary N) is 1. The second-order valence-electron chi connectivity index (χ2n) is 7.05. The van der Waals surface area contributed by atoms with Crippen LogP contribution in [-0.4, -0.2) is 40.6 Å². The maximum Gasteiger partial charge on any atom is 0.234 e. The quantitative estimate of drug-likeness (QED) is 0.838. The minimum atomic E-state index is -0.270. The Balaban J connectivity index is 1.53. The number of hydrogen-bond donors (Lipinski definition) is 2. The van der Waals surface area contributed by atoms with Crippen molar-refractivity contribution >= 4 is 17.5 Å². The molecule has 0 radical (unpaired) electrons. The number of amides is 1. The summed E-state index contributed by atoms with van der Waals surface area (Å²) in [5.41, 5.74) is 0.946. The fourth-order valence-electron chi connectivity index (χ4n) is 3.55. The summed E-state index contributed by atoms with van der Waals surface area (Å²) < 4.78 is 5.80. The molecule has 0 saturated carbocycles. The lowest BCUT2D eigenvalue weighted by molar-refractivity contribution is -0.125. The number of hydrogen-bond acceptors (Lipinski definition) is 4. The summed E-state index contributed by atoms with van der Waals surface area (Å²) in [7, 11) is 0. The Kier molecular flexibility index (Phi) is 6.01. The first-order valence-corrected chi connectivity index (χ1v) is 9.35. The average Bonchev–Trinajstić information content (AvgIpc) is 3.06. The van der Waals surface area contributed by atoms with Gasteiger partial charge in [-0.05, 0) is 63.1 Å². The van der Waals surface area contributed by atoms with Gasteiger partial charge in [-0.2, -0.15) is 0 Å². The largest absolute Gasteiger partial charge is 0.459 e. The van der Waals surface area contributed by atoms with E-state index < -0.39 is 0 Å². The average molecular weight is 377 g/mol. The van der Waals surface area contributed by atoms with E-state index in [1.807, 2.05) is 36.4 Å². The van der Waals surface area contributed by atoms with Crippen LogP contribution in [0, 0.1) is 0 Å². The molecule has 1 saturated heterocycles. The van der Waals surface area contributed by atoms with Crippen LogP contribution in [-0.2, 0) is 11.3 Å². The van der Waals surface area contributed by atoms with Crippen molar-refractivity contribution in [3.8, 4) is 11.3 Å². The maximum absolute atomic E-state index is 12.3. The van der Waals surface area contributed by atoms with Crippen molar-refractivity contribution in [1.29, 1.82) is 0 Å². The van der Waals surface area contributed by atoms with Gasteiger partial charge in [-0.25, -0.2) is 0 Å². The van der Waals surface area contributed by atoms with E-state index >= 15 is 0 Å². The third-order valence-electron chi connectivity index (χ3n) is 4.94. The summed E-state index contributed by atoms with van der Waals surface area (Å²) in [6.45, 7) is 4.79. The summed E-state index contributed by atoms with van der Waals surface area (Å²) in [4.78, 5) is 14.4. The second-order valence-corrected chi connectivity index (χ2v) is 7.48. The molecule has 2 heterocycles. The smallest absolute Gasteiger partial charge is 0.234 e. The molecule has 1 aliphatic rings. The number of furan rings is 1. The number of likely N-dealkylation sites (tertiary alicyclic amines) is 1. The lowest BCUT2D eigenvalue weighted by Gasteiger charge is -2.40. The molecule has 0 bridgehead atoms. The molecule has 3 rings (SSSR count). The van der Waals surface area contributed by atoms with E-state index in [-0.39, 0.29) is 24.1 Å². The molecule has 0 aliphatic carbocycles. The summed E-state index contributed by atoms with van der Waals surface area (Å²) in [5.74, 6) is 1.42.